The van der Waals surface area contributed by atoms with Crippen LogP contribution in [0.4, 0.5) is 0 Å². The van der Waals surface area contributed by atoms with E-state index in [9.17, 15) is 9.59 Å². The summed E-state index contributed by atoms with van der Waals surface area (Å²) < 4.78 is 5.00. The summed E-state index contributed by atoms with van der Waals surface area (Å²) in [5.41, 5.74) is 0.710. The Kier molecular flexibility index (Phi) is 1.53. The van der Waals surface area contributed by atoms with Crippen LogP contribution in [0.3, 0.4) is 0 Å². The summed E-state index contributed by atoms with van der Waals surface area (Å²) in [6.07, 6.45) is 2.46. The molecule has 0 aromatic heterocycles. The molecule has 0 spiro atoms. The normalized spacial score (nSPS) is 34.2. The first-order valence-electron chi connectivity index (χ1n) is 4.11. The molecule has 1 aliphatic carbocycles. The lowest BCUT2D eigenvalue weighted by Crippen LogP contribution is -2.19. The predicted octanol–water partition coefficient (Wildman–Crippen LogP) is 0.837. The van der Waals surface area contributed by atoms with Gasteiger partial charge in [0.05, 0.1) is 0 Å². The molecule has 0 amide bonds. The van der Waals surface area contributed by atoms with Crippen molar-refractivity contribution in [2.75, 3.05) is 0 Å². The van der Waals surface area contributed by atoms with Crippen molar-refractivity contribution in [1.29, 1.82) is 0 Å². The molecule has 1 fully saturated rings. The lowest BCUT2D eigenvalue weighted by Gasteiger charge is -2.15. The molecular weight excluding hydrogens is 156 g/mol. The zero-order chi connectivity index (χ0) is 8.72. The third-order valence-electron chi connectivity index (χ3n) is 2.49. The van der Waals surface area contributed by atoms with E-state index in [1.54, 1.807) is 6.08 Å². The molecule has 1 aliphatic heterocycles. The van der Waals surface area contributed by atoms with Gasteiger partial charge in [0.15, 0.2) is 0 Å². The molecular formula is C9H10O3. The number of allylic oxidation sites excluding steroid dienone is 1. The van der Waals surface area contributed by atoms with E-state index in [4.69, 9.17) is 4.74 Å². The summed E-state index contributed by atoms with van der Waals surface area (Å²) in [6, 6.07) is 0. The first-order chi connectivity index (χ1) is 5.68. The zero-order valence-electron chi connectivity index (χ0n) is 6.87. The average molecular weight is 166 g/mol. The summed E-state index contributed by atoms with van der Waals surface area (Å²) in [4.78, 5) is 22.2. The third-order valence-corrected chi connectivity index (χ3v) is 2.49. The molecule has 2 aliphatic rings. The Morgan fingerprint density at radius 2 is 2.25 bits per heavy atom. The number of ketones is 1. The number of ether oxygens (including phenoxy) is 1. The number of carbonyl (C=O) groups is 2. The molecule has 0 aromatic carbocycles. The lowest BCUT2D eigenvalue weighted by molar-refractivity contribution is -0.138. The molecule has 1 saturated heterocycles. The highest BCUT2D eigenvalue weighted by Crippen LogP contribution is 2.33. The van der Waals surface area contributed by atoms with E-state index in [0.29, 0.717) is 18.4 Å². The molecule has 0 bridgehead atoms. The number of hydrogen-bond donors (Lipinski definition) is 0. The van der Waals surface area contributed by atoms with Gasteiger partial charge in [0.2, 0.25) is 0 Å². The first kappa shape index (κ1) is 7.53. The van der Waals surface area contributed by atoms with Crippen LogP contribution in [0.2, 0.25) is 0 Å². The zero-order valence-corrected chi connectivity index (χ0v) is 6.87. The maximum absolute atomic E-state index is 11.1. The van der Waals surface area contributed by atoms with Crippen LogP contribution in [0.15, 0.2) is 11.6 Å². The second kappa shape index (κ2) is 2.44. The van der Waals surface area contributed by atoms with Crippen molar-refractivity contribution in [1.82, 2.24) is 0 Å². The van der Waals surface area contributed by atoms with Crippen LogP contribution in [-0.4, -0.2) is 17.9 Å². The van der Waals surface area contributed by atoms with Crippen LogP contribution < -0.4 is 0 Å². The highest BCUT2D eigenvalue weighted by atomic mass is 16.5. The molecule has 2 unspecified atom stereocenters. The van der Waals surface area contributed by atoms with E-state index in [2.05, 4.69) is 0 Å². The smallest absolute Gasteiger partial charge is 0.334 e. The molecule has 2 atom stereocenters. The second-order valence-corrected chi connectivity index (χ2v) is 3.32. The van der Waals surface area contributed by atoms with Crippen LogP contribution in [0.1, 0.15) is 19.8 Å². The SMILES string of the molecule is CC1OC(=O)C2=CCC(=O)CC21. The van der Waals surface area contributed by atoms with E-state index in [1.165, 1.54) is 0 Å². The van der Waals surface area contributed by atoms with Crippen LogP contribution in [0.25, 0.3) is 0 Å². The summed E-state index contributed by atoms with van der Waals surface area (Å²) in [5, 5.41) is 0. The number of carbonyl (C=O) groups excluding carboxylic acids is 2. The van der Waals surface area contributed by atoms with Gasteiger partial charge in [-0.05, 0) is 6.92 Å². The maximum Gasteiger partial charge on any atom is 0.334 e. The predicted molar refractivity (Wildman–Crippen MR) is 41.4 cm³/mol. The van der Waals surface area contributed by atoms with E-state index >= 15 is 0 Å². The number of rotatable bonds is 0. The van der Waals surface area contributed by atoms with Crippen LogP contribution in [-0.2, 0) is 14.3 Å². The fourth-order valence-electron chi connectivity index (χ4n) is 1.79. The molecule has 3 heteroatoms. The minimum atomic E-state index is -0.236. The quantitative estimate of drug-likeness (QED) is 0.501. The van der Waals surface area contributed by atoms with Gasteiger partial charge in [-0.15, -0.1) is 0 Å². The van der Waals surface area contributed by atoms with Gasteiger partial charge in [0.25, 0.3) is 0 Å². The lowest BCUT2D eigenvalue weighted by atomic mass is 9.86. The van der Waals surface area contributed by atoms with Crippen LogP contribution >= 0.6 is 0 Å². The Hall–Kier alpha value is -1.12. The summed E-state index contributed by atoms with van der Waals surface area (Å²) >= 11 is 0. The highest BCUT2D eigenvalue weighted by molar-refractivity contribution is 5.96. The fourth-order valence-corrected chi connectivity index (χ4v) is 1.79. The van der Waals surface area contributed by atoms with Gasteiger partial charge < -0.3 is 4.74 Å². The highest BCUT2D eigenvalue weighted by Gasteiger charge is 2.39. The molecule has 1 heterocycles. The van der Waals surface area contributed by atoms with Crippen LogP contribution in [0.5, 0.6) is 0 Å². The molecule has 64 valence electrons. The van der Waals surface area contributed by atoms with Crippen molar-refractivity contribution in [2.24, 2.45) is 5.92 Å². The van der Waals surface area contributed by atoms with Gasteiger partial charge in [-0.3, -0.25) is 4.79 Å². The van der Waals surface area contributed by atoms with Crippen molar-refractivity contribution in [3.63, 3.8) is 0 Å². The van der Waals surface area contributed by atoms with Crippen molar-refractivity contribution in [3.05, 3.63) is 11.6 Å². The Bertz CT molecular complexity index is 277. The number of Topliss-reactive ketones (excluding diaryl/α,β-unsaturated/α-hetero) is 1. The second-order valence-electron chi connectivity index (χ2n) is 3.32. The Morgan fingerprint density at radius 1 is 1.50 bits per heavy atom. The van der Waals surface area contributed by atoms with Crippen molar-refractivity contribution in [2.45, 2.75) is 25.9 Å². The van der Waals surface area contributed by atoms with Gasteiger partial charge in [-0.2, -0.15) is 0 Å². The number of esters is 1. The molecule has 0 radical (unpaired) electrons. The van der Waals surface area contributed by atoms with Crippen molar-refractivity contribution >= 4 is 11.8 Å². The van der Waals surface area contributed by atoms with Gasteiger partial charge >= 0.3 is 5.97 Å². The van der Waals surface area contributed by atoms with Gasteiger partial charge in [0, 0.05) is 24.3 Å². The van der Waals surface area contributed by atoms with E-state index in [1.807, 2.05) is 6.92 Å². The fraction of sp³-hybridized carbons (Fsp3) is 0.556. The van der Waals surface area contributed by atoms with Gasteiger partial charge in [-0.25, -0.2) is 4.79 Å². The van der Waals surface area contributed by atoms with E-state index in [-0.39, 0.29) is 23.8 Å². The Labute approximate surface area is 70.4 Å². The largest absolute Gasteiger partial charge is 0.459 e. The topological polar surface area (TPSA) is 43.4 Å². The van der Waals surface area contributed by atoms with Crippen molar-refractivity contribution < 1.29 is 14.3 Å². The minimum absolute atomic E-state index is 0.0266. The summed E-state index contributed by atoms with van der Waals surface area (Å²) in [5.74, 6) is -0.00681. The molecule has 0 saturated carbocycles. The molecule has 12 heavy (non-hydrogen) atoms. The molecule has 3 nitrogen and oxygen atoms in total. The standard InChI is InChI=1S/C9H10O3/c1-5-8-4-6(10)2-3-7(8)9(11)12-5/h3,5,8H,2,4H2,1H3. The van der Waals surface area contributed by atoms with E-state index in [0.717, 1.165) is 0 Å². The van der Waals surface area contributed by atoms with E-state index < -0.39 is 0 Å². The molecule has 0 N–H and O–H groups in total. The number of cyclic esters (lactones) is 1. The number of fused-ring (bicyclic) bond motifs is 1. The first-order valence-corrected chi connectivity index (χ1v) is 4.11. The minimum Gasteiger partial charge on any atom is -0.459 e. The molecule has 2 rings (SSSR count). The third kappa shape index (κ3) is 0.967. The maximum atomic E-state index is 11.1. The average Bonchev–Trinajstić information content (AvgIpc) is 2.28. The molecule has 0 aromatic rings. The summed E-state index contributed by atoms with van der Waals surface area (Å²) in [7, 11) is 0. The Morgan fingerprint density at radius 3 is 3.00 bits per heavy atom. The monoisotopic (exact) mass is 166 g/mol. The Balaban J connectivity index is 2.32. The summed E-state index contributed by atoms with van der Waals surface area (Å²) in [6.45, 7) is 1.84. The van der Waals surface area contributed by atoms with Gasteiger partial charge in [-0.1, -0.05) is 6.08 Å². The number of hydrogen-bond acceptors (Lipinski definition) is 3. The van der Waals surface area contributed by atoms with Gasteiger partial charge in [0.1, 0.15) is 11.9 Å². The van der Waals surface area contributed by atoms with Crippen LogP contribution in [0, 0.1) is 5.92 Å². The van der Waals surface area contributed by atoms with Crippen molar-refractivity contribution in [3.8, 4) is 0 Å².